The lowest BCUT2D eigenvalue weighted by Gasteiger charge is -2.22. The van der Waals surface area contributed by atoms with Crippen molar-refractivity contribution in [2.24, 2.45) is 0 Å². The number of hydrogen-bond donors (Lipinski definition) is 1. The van der Waals surface area contributed by atoms with Gasteiger partial charge in [-0.1, -0.05) is 29.8 Å². The van der Waals surface area contributed by atoms with Gasteiger partial charge in [-0.25, -0.2) is 8.42 Å². The number of nitriles is 1. The van der Waals surface area contributed by atoms with Crippen LogP contribution >= 0.6 is 11.6 Å². The lowest BCUT2D eigenvalue weighted by molar-refractivity contribution is -0.121. The lowest BCUT2D eigenvalue weighted by Crippen LogP contribution is -2.34. The second-order valence-corrected chi connectivity index (χ2v) is 7.99. The Balaban J connectivity index is 1.99. The molecular weight excluding hydrogens is 374 g/mol. The predicted octanol–water partition coefficient (Wildman–Crippen LogP) is 2.68. The molecule has 0 aliphatic rings. The number of nitrogens with one attached hydrogen (secondary N) is 1. The van der Waals surface area contributed by atoms with Gasteiger partial charge in [0.15, 0.2) is 0 Å². The van der Waals surface area contributed by atoms with Crippen molar-refractivity contribution in [3.8, 4) is 6.07 Å². The second kappa shape index (κ2) is 8.70. The van der Waals surface area contributed by atoms with Crippen LogP contribution in [0.25, 0.3) is 0 Å². The van der Waals surface area contributed by atoms with E-state index in [9.17, 15) is 13.2 Å². The van der Waals surface area contributed by atoms with Crippen LogP contribution in [-0.2, 0) is 21.4 Å². The van der Waals surface area contributed by atoms with Gasteiger partial charge in [0.2, 0.25) is 15.9 Å². The van der Waals surface area contributed by atoms with Gasteiger partial charge >= 0.3 is 0 Å². The fourth-order valence-corrected chi connectivity index (χ4v) is 3.36. The zero-order chi connectivity index (χ0) is 19.2. The van der Waals surface area contributed by atoms with E-state index >= 15 is 0 Å². The number of sulfonamides is 1. The summed E-state index contributed by atoms with van der Waals surface area (Å²) in [5.41, 5.74) is 1.60. The van der Waals surface area contributed by atoms with Crippen LogP contribution in [-0.4, -0.2) is 27.1 Å². The highest BCUT2D eigenvalue weighted by Gasteiger charge is 2.19. The van der Waals surface area contributed by atoms with Crippen LogP contribution in [0.2, 0.25) is 5.02 Å². The van der Waals surface area contributed by atoms with Crippen LogP contribution in [0.15, 0.2) is 48.5 Å². The molecule has 0 bridgehead atoms. The van der Waals surface area contributed by atoms with E-state index in [2.05, 4.69) is 5.32 Å². The van der Waals surface area contributed by atoms with Crippen LogP contribution < -0.4 is 9.62 Å². The number of carbonyl (C=O) groups is 1. The monoisotopic (exact) mass is 391 g/mol. The summed E-state index contributed by atoms with van der Waals surface area (Å²) in [5.74, 6) is -0.273. The molecule has 0 saturated carbocycles. The molecule has 2 aromatic carbocycles. The first-order valence-electron chi connectivity index (χ1n) is 7.78. The first kappa shape index (κ1) is 19.8. The molecule has 0 atom stereocenters. The van der Waals surface area contributed by atoms with Crippen LogP contribution in [0.4, 0.5) is 5.69 Å². The summed E-state index contributed by atoms with van der Waals surface area (Å²) in [4.78, 5) is 12.1. The second-order valence-electron chi connectivity index (χ2n) is 5.65. The minimum atomic E-state index is -3.58. The fourth-order valence-electron chi connectivity index (χ4n) is 2.31. The molecule has 0 aromatic heterocycles. The van der Waals surface area contributed by atoms with Gasteiger partial charge in [-0.3, -0.25) is 9.10 Å². The Hall–Kier alpha value is -2.56. The summed E-state index contributed by atoms with van der Waals surface area (Å²) in [6, 6.07) is 15.3. The molecule has 8 heteroatoms. The molecule has 0 aliphatic heterocycles. The molecule has 2 aromatic rings. The molecule has 6 nitrogen and oxygen atoms in total. The van der Waals surface area contributed by atoms with Gasteiger partial charge in [-0.15, -0.1) is 0 Å². The quantitative estimate of drug-likeness (QED) is 0.785. The van der Waals surface area contributed by atoms with Crippen molar-refractivity contribution >= 4 is 33.2 Å². The molecule has 0 heterocycles. The van der Waals surface area contributed by atoms with Gasteiger partial charge in [0.25, 0.3) is 0 Å². The molecule has 2 rings (SSSR count). The smallest absolute Gasteiger partial charge is 0.232 e. The third-order valence-corrected chi connectivity index (χ3v) is 5.05. The van der Waals surface area contributed by atoms with E-state index in [0.29, 0.717) is 22.8 Å². The van der Waals surface area contributed by atoms with E-state index in [-0.39, 0.29) is 18.9 Å². The Kier molecular flexibility index (Phi) is 6.61. The van der Waals surface area contributed by atoms with Crippen molar-refractivity contribution in [3.05, 3.63) is 64.7 Å². The van der Waals surface area contributed by atoms with E-state index in [1.807, 2.05) is 6.07 Å². The molecule has 26 heavy (non-hydrogen) atoms. The predicted molar refractivity (Wildman–Crippen MR) is 101 cm³/mol. The molecule has 0 unspecified atom stereocenters. The summed E-state index contributed by atoms with van der Waals surface area (Å²) in [6.07, 6.45) is 1.06. The van der Waals surface area contributed by atoms with Crippen molar-refractivity contribution in [2.45, 2.75) is 13.0 Å². The summed E-state index contributed by atoms with van der Waals surface area (Å²) in [6.45, 7) is 0.318. The third-order valence-electron chi connectivity index (χ3n) is 3.61. The number of hydrogen-bond acceptors (Lipinski definition) is 4. The zero-order valence-corrected chi connectivity index (χ0v) is 15.7. The van der Waals surface area contributed by atoms with E-state index in [1.54, 1.807) is 42.5 Å². The lowest BCUT2D eigenvalue weighted by atomic mass is 10.2. The van der Waals surface area contributed by atoms with Crippen LogP contribution in [0.3, 0.4) is 0 Å². The van der Waals surface area contributed by atoms with Crippen molar-refractivity contribution < 1.29 is 13.2 Å². The highest BCUT2D eigenvalue weighted by Crippen LogP contribution is 2.19. The van der Waals surface area contributed by atoms with Crippen LogP contribution in [0.1, 0.15) is 17.5 Å². The molecular formula is C18H18ClN3O3S. The maximum atomic E-state index is 12.1. The topological polar surface area (TPSA) is 90.3 Å². The van der Waals surface area contributed by atoms with Crippen molar-refractivity contribution in [1.29, 1.82) is 5.26 Å². The molecule has 0 radical (unpaired) electrons. The Morgan fingerprint density at radius 2 is 1.92 bits per heavy atom. The number of amides is 1. The van der Waals surface area contributed by atoms with E-state index in [1.165, 1.54) is 6.07 Å². The van der Waals surface area contributed by atoms with Crippen molar-refractivity contribution in [1.82, 2.24) is 5.32 Å². The van der Waals surface area contributed by atoms with Gasteiger partial charge < -0.3 is 5.32 Å². The number of anilines is 1. The number of nitrogens with zero attached hydrogens (tertiary/aromatic N) is 2. The molecule has 136 valence electrons. The summed E-state index contributed by atoms with van der Waals surface area (Å²) < 4.78 is 25.2. The Morgan fingerprint density at radius 1 is 1.23 bits per heavy atom. The van der Waals surface area contributed by atoms with E-state index < -0.39 is 10.0 Å². The highest BCUT2D eigenvalue weighted by atomic mass is 35.5. The van der Waals surface area contributed by atoms with E-state index in [0.717, 1.165) is 16.1 Å². The van der Waals surface area contributed by atoms with Crippen LogP contribution in [0, 0.1) is 11.3 Å². The minimum absolute atomic E-state index is 0.00254. The average molecular weight is 392 g/mol. The normalized spacial score (nSPS) is 10.8. The first-order chi connectivity index (χ1) is 12.3. The minimum Gasteiger partial charge on any atom is -0.352 e. The number of benzene rings is 2. The maximum absolute atomic E-state index is 12.1. The zero-order valence-electron chi connectivity index (χ0n) is 14.1. The summed E-state index contributed by atoms with van der Waals surface area (Å²) in [7, 11) is -3.58. The van der Waals surface area contributed by atoms with Gasteiger partial charge in [0.1, 0.15) is 0 Å². The molecule has 1 amide bonds. The molecule has 0 fully saturated rings. The van der Waals surface area contributed by atoms with Gasteiger partial charge in [-0.2, -0.15) is 5.26 Å². The number of halogens is 1. The van der Waals surface area contributed by atoms with Gasteiger partial charge in [0, 0.05) is 24.5 Å². The average Bonchev–Trinajstić information content (AvgIpc) is 2.60. The number of carbonyl (C=O) groups excluding carboxylic acids is 1. The Labute approximate surface area is 158 Å². The standard InChI is InChI=1S/C18H18ClN3O3S/c1-26(24,25)22(17-4-2-3-15(11-17)12-20)10-9-18(23)21-13-14-5-7-16(19)8-6-14/h2-8,11H,9-10,13H2,1H3,(H,21,23). The molecule has 0 saturated heterocycles. The van der Waals surface area contributed by atoms with Gasteiger partial charge in [-0.05, 0) is 35.9 Å². The number of rotatable bonds is 7. The SMILES string of the molecule is CS(=O)(=O)N(CCC(=O)NCc1ccc(Cl)cc1)c1cccc(C#N)c1. The Morgan fingerprint density at radius 3 is 2.54 bits per heavy atom. The summed E-state index contributed by atoms with van der Waals surface area (Å²) >= 11 is 5.81. The fraction of sp³-hybridized carbons (Fsp3) is 0.222. The van der Waals surface area contributed by atoms with Crippen molar-refractivity contribution in [3.63, 3.8) is 0 Å². The summed E-state index contributed by atoms with van der Waals surface area (Å²) in [5, 5.41) is 12.3. The molecule has 0 spiro atoms. The van der Waals surface area contributed by atoms with Gasteiger partial charge in [0.05, 0.1) is 23.6 Å². The molecule has 1 N–H and O–H groups in total. The Bertz CT molecular complexity index is 921. The third kappa shape index (κ3) is 5.76. The largest absolute Gasteiger partial charge is 0.352 e. The highest BCUT2D eigenvalue weighted by molar-refractivity contribution is 7.92. The first-order valence-corrected chi connectivity index (χ1v) is 10.0. The van der Waals surface area contributed by atoms with E-state index in [4.69, 9.17) is 16.9 Å². The van der Waals surface area contributed by atoms with Crippen molar-refractivity contribution in [2.75, 3.05) is 17.1 Å². The maximum Gasteiger partial charge on any atom is 0.232 e. The van der Waals surface area contributed by atoms with Crippen LogP contribution in [0.5, 0.6) is 0 Å². The molecule has 0 aliphatic carbocycles.